The van der Waals surface area contributed by atoms with Gasteiger partial charge in [0.2, 0.25) is 0 Å². The number of nitriles is 1. The van der Waals surface area contributed by atoms with Crippen molar-refractivity contribution >= 4 is 17.3 Å². The van der Waals surface area contributed by atoms with Gasteiger partial charge in [0.05, 0.1) is 22.6 Å². The molecule has 7 heteroatoms. The fourth-order valence-electron chi connectivity index (χ4n) is 1.85. The molecule has 1 rings (SSSR count). The number of non-ortho nitro benzene ring substituents is 1. The zero-order valence-corrected chi connectivity index (χ0v) is 11.2. The summed E-state index contributed by atoms with van der Waals surface area (Å²) in [5.41, 5.74) is 0.514. The zero-order chi connectivity index (χ0) is 15.3. The molecule has 1 N–H and O–H groups in total. The zero-order valence-electron chi connectivity index (χ0n) is 11.2. The Morgan fingerprint density at radius 2 is 2.20 bits per heavy atom. The van der Waals surface area contributed by atoms with E-state index in [0.29, 0.717) is 5.69 Å². The number of carboxylic acids is 1. The SMILES string of the molecule is CC(C)N(CCC(=O)O)c1ccc([N+](=O)[O-])cc1C#N. The molecular formula is C13H15N3O4. The van der Waals surface area contributed by atoms with Crippen molar-refractivity contribution in [3.05, 3.63) is 33.9 Å². The van der Waals surface area contributed by atoms with Gasteiger partial charge in [-0.15, -0.1) is 0 Å². The van der Waals surface area contributed by atoms with E-state index in [9.17, 15) is 14.9 Å². The largest absolute Gasteiger partial charge is 0.481 e. The van der Waals surface area contributed by atoms with Crippen LogP contribution in [0.1, 0.15) is 25.8 Å². The Kier molecular flexibility index (Phi) is 5.03. The molecule has 0 spiro atoms. The third kappa shape index (κ3) is 3.68. The van der Waals surface area contributed by atoms with Gasteiger partial charge in [-0.2, -0.15) is 5.26 Å². The van der Waals surface area contributed by atoms with Gasteiger partial charge in [0.1, 0.15) is 6.07 Å². The number of nitro benzene ring substituents is 1. The standard InChI is InChI=1S/C13H15N3O4/c1-9(2)15(6-5-13(17)18)12-4-3-11(16(19)20)7-10(12)8-14/h3-4,7,9H,5-6H2,1-2H3,(H,17,18). The highest BCUT2D eigenvalue weighted by molar-refractivity contribution is 5.69. The van der Waals surface area contributed by atoms with Crippen molar-refractivity contribution in [2.45, 2.75) is 26.3 Å². The molecule has 0 aliphatic rings. The summed E-state index contributed by atoms with van der Waals surface area (Å²) in [7, 11) is 0. The smallest absolute Gasteiger partial charge is 0.305 e. The Labute approximate surface area is 116 Å². The molecule has 0 fully saturated rings. The monoisotopic (exact) mass is 277 g/mol. The molecule has 0 saturated heterocycles. The van der Waals surface area contributed by atoms with Crippen LogP contribution in [0, 0.1) is 21.4 Å². The highest BCUT2D eigenvalue weighted by Crippen LogP contribution is 2.26. The number of nitro groups is 1. The van der Waals surface area contributed by atoms with Gasteiger partial charge in [-0.25, -0.2) is 0 Å². The average Bonchev–Trinajstić information content (AvgIpc) is 2.38. The summed E-state index contributed by atoms with van der Waals surface area (Å²) in [4.78, 5) is 22.6. The normalized spacial score (nSPS) is 10.1. The highest BCUT2D eigenvalue weighted by atomic mass is 16.6. The van der Waals surface area contributed by atoms with Gasteiger partial charge in [-0.05, 0) is 19.9 Å². The fraction of sp³-hybridized carbons (Fsp3) is 0.385. The minimum atomic E-state index is -0.934. The fourth-order valence-corrected chi connectivity index (χ4v) is 1.85. The molecule has 1 aromatic carbocycles. The van der Waals surface area contributed by atoms with E-state index in [2.05, 4.69) is 0 Å². The lowest BCUT2D eigenvalue weighted by molar-refractivity contribution is -0.384. The highest BCUT2D eigenvalue weighted by Gasteiger charge is 2.18. The molecule has 0 unspecified atom stereocenters. The first kappa shape index (κ1) is 15.4. The van der Waals surface area contributed by atoms with Crippen molar-refractivity contribution in [1.29, 1.82) is 5.26 Å². The quantitative estimate of drug-likeness (QED) is 0.630. The molecule has 0 radical (unpaired) electrons. The van der Waals surface area contributed by atoms with Crippen LogP contribution in [-0.2, 0) is 4.79 Å². The van der Waals surface area contributed by atoms with Crippen molar-refractivity contribution < 1.29 is 14.8 Å². The third-order valence-electron chi connectivity index (χ3n) is 2.81. The van der Waals surface area contributed by atoms with E-state index < -0.39 is 10.9 Å². The molecule has 0 amide bonds. The van der Waals surface area contributed by atoms with Crippen LogP contribution in [0.2, 0.25) is 0 Å². The van der Waals surface area contributed by atoms with Crippen LogP contribution >= 0.6 is 0 Å². The average molecular weight is 277 g/mol. The van der Waals surface area contributed by atoms with Gasteiger partial charge >= 0.3 is 5.97 Å². The van der Waals surface area contributed by atoms with Gasteiger partial charge in [-0.3, -0.25) is 14.9 Å². The molecular weight excluding hydrogens is 262 g/mol. The van der Waals surface area contributed by atoms with Crippen molar-refractivity contribution in [3.8, 4) is 6.07 Å². The van der Waals surface area contributed by atoms with Crippen molar-refractivity contribution in [3.63, 3.8) is 0 Å². The Morgan fingerprint density at radius 1 is 1.55 bits per heavy atom. The first-order valence-electron chi connectivity index (χ1n) is 6.03. The lowest BCUT2D eigenvalue weighted by atomic mass is 10.1. The van der Waals surface area contributed by atoms with Crippen LogP contribution < -0.4 is 4.90 Å². The summed E-state index contributed by atoms with van der Waals surface area (Å²) < 4.78 is 0. The maximum Gasteiger partial charge on any atom is 0.305 e. The molecule has 0 aliphatic heterocycles. The minimum Gasteiger partial charge on any atom is -0.481 e. The third-order valence-corrected chi connectivity index (χ3v) is 2.81. The van der Waals surface area contributed by atoms with E-state index in [1.54, 1.807) is 4.90 Å². The summed E-state index contributed by atoms with van der Waals surface area (Å²) in [6.07, 6.45) is -0.0694. The summed E-state index contributed by atoms with van der Waals surface area (Å²) in [5.74, 6) is -0.934. The second kappa shape index (κ2) is 6.52. The van der Waals surface area contributed by atoms with E-state index in [1.807, 2.05) is 19.9 Å². The molecule has 20 heavy (non-hydrogen) atoms. The summed E-state index contributed by atoms with van der Waals surface area (Å²) in [5, 5.41) is 28.6. The number of carboxylic acid groups (broad SMARTS) is 1. The Morgan fingerprint density at radius 3 is 2.65 bits per heavy atom. The number of hydrogen-bond donors (Lipinski definition) is 1. The molecule has 0 aliphatic carbocycles. The lowest BCUT2D eigenvalue weighted by Crippen LogP contribution is -2.33. The second-order valence-corrected chi connectivity index (χ2v) is 4.50. The van der Waals surface area contributed by atoms with Gasteiger partial charge < -0.3 is 10.0 Å². The number of nitrogens with zero attached hydrogens (tertiary/aromatic N) is 3. The Hall–Kier alpha value is -2.62. The number of aliphatic carboxylic acids is 1. The number of carbonyl (C=O) groups is 1. The predicted octanol–water partition coefficient (Wildman–Crippen LogP) is 2.16. The van der Waals surface area contributed by atoms with Crippen LogP contribution in [0.3, 0.4) is 0 Å². The molecule has 1 aromatic rings. The Balaban J connectivity index is 3.16. The van der Waals surface area contributed by atoms with Crippen LogP contribution in [0.5, 0.6) is 0 Å². The van der Waals surface area contributed by atoms with Gasteiger partial charge in [0.15, 0.2) is 0 Å². The van der Waals surface area contributed by atoms with E-state index in [0.717, 1.165) is 0 Å². The maximum atomic E-state index is 10.7. The van der Waals surface area contributed by atoms with Gasteiger partial charge in [0, 0.05) is 24.7 Å². The number of anilines is 1. The summed E-state index contributed by atoms with van der Waals surface area (Å²) >= 11 is 0. The molecule has 0 saturated carbocycles. The first-order valence-corrected chi connectivity index (χ1v) is 6.03. The number of benzene rings is 1. The molecule has 7 nitrogen and oxygen atoms in total. The summed E-state index contributed by atoms with van der Waals surface area (Å²) in [6.45, 7) is 3.97. The van der Waals surface area contributed by atoms with Crippen molar-refractivity contribution in [2.75, 3.05) is 11.4 Å². The van der Waals surface area contributed by atoms with E-state index in [1.165, 1.54) is 18.2 Å². The van der Waals surface area contributed by atoms with Crippen LogP contribution in [0.25, 0.3) is 0 Å². The first-order chi connectivity index (χ1) is 9.36. The molecule has 0 aromatic heterocycles. The van der Waals surface area contributed by atoms with Crippen LogP contribution in [0.15, 0.2) is 18.2 Å². The molecule has 0 bridgehead atoms. The number of rotatable bonds is 6. The van der Waals surface area contributed by atoms with E-state index >= 15 is 0 Å². The van der Waals surface area contributed by atoms with Crippen molar-refractivity contribution in [2.24, 2.45) is 0 Å². The second-order valence-electron chi connectivity index (χ2n) is 4.50. The topological polar surface area (TPSA) is 107 Å². The lowest BCUT2D eigenvalue weighted by Gasteiger charge is -2.29. The van der Waals surface area contributed by atoms with E-state index in [-0.39, 0.29) is 30.3 Å². The molecule has 106 valence electrons. The van der Waals surface area contributed by atoms with E-state index in [4.69, 9.17) is 10.4 Å². The van der Waals surface area contributed by atoms with Crippen LogP contribution in [0.4, 0.5) is 11.4 Å². The molecule has 0 atom stereocenters. The Bertz CT molecular complexity index is 563. The molecule has 0 heterocycles. The van der Waals surface area contributed by atoms with Gasteiger partial charge in [-0.1, -0.05) is 0 Å². The number of hydrogen-bond acceptors (Lipinski definition) is 5. The van der Waals surface area contributed by atoms with Gasteiger partial charge in [0.25, 0.3) is 5.69 Å². The minimum absolute atomic E-state index is 0.0251. The van der Waals surface area contributed by atoms with Crippen molar-refractivity contribution in [1.82, 2.24) is 0 Å². The van der Waals surface area contributed by atoms with Crippen LogP contribution in [-0.4, -0.2) is 28.6 Å². The predicted molar refractivity (Wildman–Crippen MR) is 72.5 cm³/mol. The maximum absolute atomic E-state index is 10.7. The summed E-state index contributed by atoms with van der Waals surface area (Å²) in [6, 6.07) is 5.89.